The molecule has 0 aromatic carbocycles. The standard InChI is InChI=1S/C12H17N3OS/c1-3-9(7-10(13)17)15-12(16)11-8(2)5-4-6-14-11/h4-6,9H,3,7H2,1-2H3,(H2,13,17)(H,15,16). The largest absolute Gasteiger partial charge is 0.393 e. The van der Waals surface area contributed by atoms with Crippen LogP contribution in [0, 0.1) is 6.92 Å². The fourth-order valence-electron chi connectivity index (χ4n) is 1.52. The highest BCUT2D eigenvalue weighted by Gasteiger charge is 2.15. The maximum atomic E-state index is 12.0. The van der Waals surface area contributed by atoms with E-state index in [1.54, 1.807) is 12.3 Å². The second kappa shape index (κ2) is 6.30. The van der Waals surface area contributed by atoms with E-state index in [0.717, 1.165) is 12.0 Å². The maximum absolute atomic E-state index is 12.0. The van der Waals surface area contributed by atoms with Gasteiger partial charge in [0.1, 0.15) is 5.69 Å². The summed E-state index contributed by atoms with van der Waals surface area (Å²) in [5.41, 5.74) is 6.79. The molecule has 3 N–H and O–H groups in total. The van der Waals surface area contributed by atoms with Gasteiger partial charge in [0.15, 0.2) is 0 Å². The van der Waals surface area contributed by atoms with Crippen molar-refractivity contribution in [2.24, 2.45) is 5.73 Å². The summed E-state index contributed by atoms with van der Waals surface area (Å²) in [5, 5.41) is 2.89. The van der Waals surface area contributed by atoms with Gasteiger partial charge in [-0.1, -0.05) is 25.2 Å². The van der Waals surface area contributed by atoms with Crippen molar-refractivity contribution in [3.63, 3.8) is 0 Å². The van der Waals surface area contributed by atoms with Crippen molar-refractivity contribution in [1.82, 2.24) is 10.3 Å². The van der Waals surface area contributed by atoms with E-state index in [-0.39, 0.29) is 11.9 Å². The van der Waals surface area contributed by atoms with Crippen LogP contribution >= 0.6 is 12.2 Å². The number of hydrogen-bond donors (Lipinski definition) is 2. The first-order valence-corrected chi connectivity index (χ1v) is 5.96. The fourth-order valence-corrected chi connectivity index (χ4v) is 1.72. The lowest BCUT2D eigenvalue weighted by atomic mass is 10.1. The Morgan fingerprint density at radius 1 is 1.65 bits per heavy atom. The molecule has 5 heteroatoms. The Bertz CT molecular complexity index is 420. The molecule has 1 rings (SSSR count). The smallest absolute Gasteiger partial charge is 0.270 e. The molecule has 1 aromatic heterocycles. The van der Waals surface area contributed by atoms with Gasteiger partial charge in [0.25, 0.3) is 5.91 Å². The molecular weight excluding hydrogens is 234 g/mol. The molecule has 0 saturated heterocycles. The molecular formula is C12H17N3OS. The molecule has 17 heavy (non-hydrogen) atoms. The minimum absolute atomic E-state index is 0.0265. The average molecular weight is 251 g/mol. The van der Waals surface area contributed by atoms with Crippen LogP contribution in [0.2, 0.25) is 0 Å². The van der Waals surface area contributed by atoms with E-state index < -0.39 is 0 Å². The third-order valence-electron chi connectivity index (χ3n) is 2.50. The number of nitrogens with zero attached hydrogens (tertiary/aromatic N) is 1. The lowest BCUT2D eigenvalue weighted by molar-refractivity contribution is 0.0931. The number of carbonyl (C=O) groups excluding carboxylic acids is 1. The molecule has 0 radical (unpaired) electrons. The number of amides is 1. The van der Waals surface area contributed by atoms with Crippen LogP contribution in [-0.4, -0.2) is 21.9 Å². The second-order valence-electron chi connectivity index (χ2n) is 3.92. The van der Waals surface area contributed by atoms with E-state index in [9.17, 15) is 4.79 Å². The van der Waals surface area contributed by atoms with Gasteiger partial charge in [-0.25, -0.2) is 0 Å². The Morgan fingerprint density at radius 2 is 2.35 bits per heavy atom. The summed E-state index contributed by atoms with van der Waals surface area (Å²) in [6, 6.07) is 3.64. The van der Waals surface area contributed by atoms with Crippen LogP contribution in [0.5, 0.6) is 0 Å². The molecule has 0 saturated carbocycles. The van der Waals surface area contributed by atoms with Crippen molar-refractivity contribution in [2.45, 2.75) is 32.7 Å². The number of aryl methyl sites for hydroxylation is 1. The summed E-state index contributed by atoms with van der Waals surface area (Å²) < 4.78 is 0. The zero-order valence-electron chi connectivity index (χ0n) is 10.1. The van der Waals surface area contributed by atoms with Crippen LogP contribution in [0.3, 0.4) is 0 Å². The first-order valence-electron chi connectivity index (χ1n) is 5.55. The number of thiocarbonyl (C=S) groups is 1. The Kier molecular flexibility index (Phi) is 5.03. The van der Waals surface area contributed by atoms with E-state index in [0.29, 0.717) is 17.1 Å². The highest BCUT2D eigenvalue weighted by Crippen LogP contribution is 2.05. The SMILES string of the molecule is CCC(CC(N)=S)NC(=O)c1ncccc1C. The first kappa shape index (κ1) is 13.6. The summed E-state index contributed by atoms with van der Waals surface area (Å²) in [6.07, 6.45) is 2.91. The summed E-state index contributed by atoms with van der Waals surface area (Å²) in [5.74, 6) is -0.175. The van der Waals surface area contributed by atoms with Crippen molar-refractivity contribution < 1.29 is 4.79 Å². The van der Waals surface area contributed by atoms with E-state index in [4.69, 9.17) is 18.0 Å². The number of aromatic nitrogens is 1. The van der Waals surface area contributed by atoms with E-state index in [1.807, 2.05) is 19.9 Å². The maximum Gasteiger partial charge on any atom is 0.270 e. The summed E-state index contributed by atoms with van der Waals surface area (Å²) >= 11 is 4.84. The molecule has 1 aromatic rings. The van der Waals surface area contributed by atoms with Crippen LogP contribution < -0.4 is 11.1 Å². The monoisotopic (exact) mass is 251 g/mol. The van der Waals surface area contributed by atoms with Crippen molar-refractivity contribution in [1.29, 1.82) is 0 Å². The predicted molar refractivity (Wildman–Crippen MR) is 71.9 cm³/mol. The molecule has 92 valence electrons. The van der Waals surface area contributed by atoms with E-state index in [2.05, 4.69) is 10.3 Å². The van der Waals surface area contributed by atoms with Crippen molar-refractivity contribution >= 4 is 23.1 Å². The highest BCUT2D eigenvalue weighted by atomic mass is 32.1. The quantitative estimate of drug-likeness (QED) is 0.780. The predicted octanol–water partition coefficient (Wildman–Crippen LogP) is 1.57. The van der Waals surface area contributed by atoms with Crippen LogP contribution in [-0.2, 0) is 0 Å². The molecule has 1 amide bonds. The Balaban J connectivity index is 2.71. The molecule has 1 heterocycles. The third-order valence-corrected chi connectivity index (χ3v) is 2.67. The van der Waals surface area contributed by atoms with Crippen LogP contribution in [0.25, 0.3) is 0 Å². The molecule has 1 unspecified atom stereocenters. The normalized spacial score (nSPS) is 11.9. The van der Waals surface area contributed by atoms with Crippen molar-refractivity contribution in [2.75, 3.05) is 0 Å². The number of pyridine rings is 1. The number of nitrogens with two attached hydrogens (primary N) is 1. The fraction of sp³-hybridized carbons (Fsp3) is 0.417. The van der Waals surface area contributed by atoms with E-state index >= 15 is 0 Å². The van der Waals surface area contributed by atoms with Crippen molar-refractivity contribution in [3.8, 4) is 0 Å². The van der Waals surface area contributed by atoms with Gasteiger partial charge < -0.3 is 11.1 Å². The van der Waals surface area contributed by atoms with Gasteiger partial charge in [-0.3, -0.25) is 9.78 Å². The van der Waals surface area contributed by atoms with Gasteiger partial charge in [-0.2, -0.15) is 0 Å². The van der Waals surface area contributed by atoms with Crippen LogP contribution in [0.4, 0.5) is 0 Å². The average Bonchev–Trinajstić information content (AvgIpc) is 2.27. The van der Waals surface area contributed by atoms with Crippen LogP contribution in [0.15, 0.2) is 18.3 Å². The molecule has 4 nitrogen and oxygen atoms in total. The van der Waals surface area contributed by atoms with Gasteiger partial charge in [-0.15, -0.1) is 0 Å². The zero-order valence-corrected chi connectivity index (χ0v) is 10.9. The number of hydrogen-bond acceptors (Lipinski definition) is 3. The van der Waals surface area contributed by atoms with Gasteiger partial charge in [0.2, 0.25) is 0 Å². The number of rotatable bonds is 5. The lowest BCUT2D eigenvalue weighted by Crippen LogP contribution is -2.37. The Morgan fingerprint density at radius 3 is 2.88 bits per heavy atom. The van der Waals surface area contributed by atoms with Gasteiger partial charge in [0, 0.05) is 18.7 Å². The summed E-state index contributed by atoms with van der Waals surface area (Å²) in [4.78, 5) is 16.4. The minimum atomic E-state index is -0.175. The van der Waals surface area contributed by atoms with Crippen LogP contribution in [0.1, 0.15) is 35.8 Å². The number of carbonyl (C=O) groups is 1. The molecule has 0 fully saturated rings. The summed E-state index contributed by atoms with van der Waals surface area (Å²) in [7, 11) is 0. The Hall–Kier alpha value is -1.49. The highest BCUT2D eigenvalue weighted by molar-refractivity contribution is 7.80. The van der Waals surface area contributed by atoms with Crippen molar-refractivity contribution in [3.05, 3.63) is 29.6 Å². The molecule has 0 aliphatic carbocycles. The van der Waals surface area contributed by atoms with Gasteiger partial charge in [0.05, 0.1) is 4.99 Å². The topological polar surface area (TPSA) is 68.0 Å². The lowest BCUT2D eigenvalue weighted by Gasteiger charge is -2.16. The first-order chi connectivity index (χ1) is 8.04. The molecule has 1 atom stereocenters. The minimum Gasteiger partial charge on any atom is -0.393 e. The molecule has 0 aliphatic rings. The third kappa shape index (κ3) is 4.11. The number of nitrogens with one attached hydrogen (secondary N) is 1. The van der Waals surface area contributed by atoms with Gasteiger partial charge in [-0.05, 0) is 25.0 Å². The second-order valence-corrected chi connectivity index (χ2v) is 4.44. The molecule has 0 bridgehead atoms. The zero-order chi connectivity index (χ0) is 12.8. The molecule has 0 spiro atoms. The van der Waals surface area contributed by atoms with Gasteiger partial charge >= 0.3 is 0 Å². The molecule has 0 aliphatic heterocycles. The van der Waals surface area contributed by atoms with E-state index in [1.165, 1.54) is 0 Å². The summed E-state index contributed by atoms with van der Waals surface area (Å²) in [6.45, 7) is 3.84. The Labute approximate surface area is 107 Å².